The number of methoxy groups -OCH3 is 1. The molecule has 0 saturated heterocycles. The van der Waals surface area contributed by atoms with Crippen molar-refractivity contribution in [1.82, 2.24) is 4.98 Å². The van der Waals surface area contributed by atoms with Crippen LogP contribution < -0.4 is 4.74 Å². The Morgan fingerprint density at radius 1 is 1.27 bits per heavy atom. The quantitative estimate of drug-likeness (QED) is 0.445. The van der Waals surface area contributed by atoms with E-state index in [1.807, 2.05) is 0 Å². The lowest BCUT2D eigenvalue weighted by atomic mass is 9.95. The number of rotatable bonds is 6. The summed E-state index contributed by atoms with van der Waals surface area (Å²) in [6, 6.07) is 8.17. The molecule has 2 rings (SSSR count). The van der Waals surface area contributed by atoms with E-state index in [4.69, 9.17) is 4.74 Å². The van der Waals surface area contributed by atoms with E-state index in [9.17, 15) is 22.8 Å². The van der Waals surface area contributed by atoms with Gasteiger partial charge in [-0.2, -0.15) is 13.2 Å². The molecule has 0 saturated carbocycles. The molecular formula is C18H16F3NO4. The van der Waals surface area contributed by atoms with E-state index >= 15 is 0 Å². The Balaban J connectivity index is 2.27. The van der Waals surface area contributed by atoms with Crippen molar-refractivity contribution in [1.29, 1.82) is 0 Å². The van der Waals surface area contributed by atoms with Crippen LogP contribution in [0, 0.1) is 6.92 Å². The summed E-state index contributed by atoms with van der Waals surface area (Å²) in [5.74, 6) is -2.08. The highest BCUT2D eigenvalue weighted by Crippen LogP contribution is 2.31. The Labute approximate surface area is 147 Å². The summed E-state index contributed by atoms with van der Waals surface area (Å²) >= 11 is 0. The third-order valence-corrected chi connectivity index (χ3v) is 3.61. The monoisotopic (exact) mass is 367 g/mol. The molecule has 0 bridgehead atoms. The summed E-state index contributed by atoms with van der Waals surface area (Å²) < 4.78 is 48.6. The van der Waals surface area contributed by atoms with Gasteiger partial charge < -0.3 is 14.3 Å². The molecule has 0 spiro atoms. The lowest BCUT2D eigenvalue weighted by Crippen LogP contribution is -2.18. The van der Waals surface area contributed by atoms with Gasteiger partial charge >= 0.3 is 12.1 Å². The van der Waals surface area contributed by atoms with E-state index in [0.717, 1.165) is 19.2 Å². The highest BCUT2D eigenvalue weighted by molar-refractivity contribution is 5.94. The van der Waals surface area contributed by atoms with Crippen molar-refractivity contribution in [3.63, 3.8) is 0 Å². The predicted molar refractivity (Wildman–Crippen MR) is 85.6 cm³/mol. The molecular weight excluding hydrogens is 351 g/mol. The van der Waals surface area contributed by atoms with E-state index in [1.165, 1.54) is 6.92 Å². The number of nitrogens with zero attached hydrogens (tertiary/aromatic N) is 1. The number of carbonyl (C=O) groups is 2. The molecule has 1 aromatic heterocycles. The van der Waals surface area contributed by atoms with Gasteiger partial charge in [-0.3, -0.25) is 4.79 Å². The van der Waals surface area contributed by atoms with Gasteiger partial charge in [0, 0.05) is 11.8 Å². The van der Waals surface area contributed by atoms with Crippen molar-refractivity contribution in [3.05, 3.63) is 58.8 Å². The van der Waals surface area contributed by atoms with Crippen molar-refractivity contribution in [2.75, 3.05) is 7.11 Å². The SMILES string of the molecule is COC(=O)C(C=O)c1ccccc1COc1cc(C(F)(F)F)cc(C)n1. The van der Waals surface area contributed by atoms with Crippen LogP contribution in [-0.4, -0.2) is 24.3 Å². The van der Waals surface area contributed by atoms with Crippen molar-refractivity contribution in [2.24, 2.45) is 0 Å². The number of alkyl halides is 3. The topological polar surface area (TPSA) is 65.5 Å². The number of pyridine rings is 1. The molecule has 1 atom stereocenters. The minimum atomic E-state index is -4.52. The fourth-order valence-corrected chi connectivity index (χ4v) is 2.38. The third kappa shape index (κ3) is 4.59. The number of ether oxygens (including phenoxy) is 2. The number of hydrogen-bond acceptors (Lipinski definition) is 5. The van der Waals surface area contributed by atoms with Crippen molar-refractivity contribution in [2.45, 2.75) is 25.6 Å². The molecule has 1 unspecified atom stereocenters. The second kappa shape index (κ2) is 7.99. The van der Waals surface area contributed by atoms with Gasteiger partial charge in [0.25, 0.3) is 0 Å². The zero-order valence-electron chi connectivity index (χ0n) is 14.0. The summed E-state index contributed by atoms with van der Waals surface area (Å²) in [7, 11) is 1.16. The van der Waals surface area contributed by atoms with Crippen molar-refractivity contribution < 1.29 is 32.2 Å². The molecule has 1 heterocycles. The maximum atomic E-state index is 12.9. The van der Waals surface area contributed by atoms with Crippen LogP contribution in [0.3, 0.4) is 0 Å². The summed E-state index contributed by atoms with van der Waals surface area (Å²) in [4.78, 5) is 26.9. The number of aryl methyl sites for hydroxylation is 1. The van der Waals surface area contributed by atoms with Gasteiger partial charge in [-0.15, -0.1) is 0 Å². The molecule has 8 heteroatoms. The lowest BCUT2D eigenvalue weighted by molar-refractivity contribution is -0.143. The number of carbonyl (C=O) groups excluding carboxylic acids is 2. The van der Waals surface area contributed by atoms with Crippen LogP contribution >= 0.6 is 0 Å². The summed E-state index contributed by atoms with van der Waals surface area (Å²) in [6.45, 7) is 1.26. The largest absolute Gasteiger partial charge is 0.473 e. The van der Waals surface area contributed by atoms with E-state index < -0.39 is 23.6 Å². The molecule has 0 aliphatic heterocycles. The highest BCUT2D eigenvalue weighted by atomic mass is 19.4. The fourth-order valence-electron chi connectivity index (χ4n) is 2.38. The zero-order chi connectivity index (χ0) is 19.3. The fraction of sp³-hybridized carbons (Fsp3) is 0.278. The third-order valence-electron chi connectivity index (χ3n) is 3.61. The van der Waals surface area contributed by atoms with Gasteiger partial charge in [0.1, 0.15) is 18.8 Å². The smallest absolute Gasteiger partial charge is 0.416 e. The molecule has 0 aliphatic rings. The molecule has 0 radical (unpaired) electrons. The van der Waals surface area contributed by atoms with Gasteiger partial charge in [-0.05, 0) is 24.1 Å². The van der Waals surface area contributed by atoms with Crippen LogP contribution in [0.1, 0.15) is 28.3 Å². The van der Waals surface area contributed by atoms with Crippen LogP contribution in [0.15, 0.2) is 36.4 Å². The first-order valence-corrected chi connectivity index (χ1v) is 7.56. The van der Waals surface area contributed by atoms with Crippen LogP contribution in [0.5, 0.6) is 5.88 Å². The van der Waals surface area contributed by atoms with Crippen LogP contribution in [0.2, 0.25) is 0 Å². The van der Waals surface area contributed by atoms with Gasteiger partial charge in [-0.25, -0.2) is 4.98 Å². The average molecular weight is 367 g/mol. The standard InChI is InChI=1S/C18H16F3NO4/c1-11-7-13(18(19,20)21)8-16(22-11)26-10-12-5-3-4-6-14(12)15(9-23)17(24)25-2/h3-9,15H,10H2,1-2H3. The molecule has 138 valence electrons. The molecule has 2 aromatic rings. The average Bonchev–Trinajstić information content (AvgIpc) is 2.60. The number of aldehydes is 1. The first-order chi connectivity index (χ1) is 12.3. The highest BCUT2D eigenvalue weighted by Gasteiger charge is 2.31. The number of halogens is 3. The minimum absolute atomic E-state index is 0.156. The molecule has 0 amide bonds. The van der Waals surface area contributed by atoms with E-state index in [-0.39, 0.29) is 18.2 Å². The Morgan fingerprint density at radius 2 is 1.96 bits per heavy atom. The molecule has 0 aliphatic carbocycles. The second-order valence-electron chi connectivity index (χ2n) is 5.46. The van der Waals surface area contributed by atoms with Gasteiger partial charge in [-0.1, -0.05) is 24.3 Å². The van der Waals surface area contributed by atoms with Gasteiger partial charge in [0.15, 0.2) is 0 Å². The van der Waals surface area contributed by atoms with Crippen molar-refractivity contribution in [3.8, 4) is 5.88 Å². The molecule has 26 heavy (non-hydrogen) atoms. The summed E-state index contributed by atoms with van der Waals surface area (Å²) in [5.41, 5.74) is 0.113. The summed E-state index contributed by atoms with van der Waals surface area (Å²) in [5, 5.41) is 0. The van der Waals surface area contributed by atoms with Crippen LogP contribution in [0.4, 0.5) is 13.2 Å². The second-order valence-corrected chi connectivity index (χ2v) is 5.46. The van der Waals surface area contributed by atoms with Gasteiger partial charge in [0.05, 0.1) is 12.7 Å². The number of esters is 1. The summed E-state index contributed by atoms with van der Waals surface area (Å²) in [6.07, 6.45) is -4.07. The maximum Gasteiger partial charge on any atom is 0.416 e. The number of benzene rings is 1. The maximum absolute atomic E-state index is 12.9. The minimum Gasteiger partial charge on any atom is -0.473 e. The Kier molecular flexibility index (Phi) is 5.97. The molecule has 1 aromatic carbocycles. The zero-order valence-corrected chi connectivity index (χ0v) is 14.0. The van der Waals surface area contributed by atoms with Crippen LogP contribution in [-0.2, 0) is 27.1 Å². The van der Waals surface area contributed by atoms with Gasteiger partial charge in [0.2, 0.25) is 5.88 Å². The van der Waals surface area contributed by atoms with E-state index in [0.29, 0.717) is 17.4 Å². The predicted octanol–water partition coefficient (Wildman–Crippen LogP) is 3.44. The molecule has 0 N–H and O–H groups in total. The normalized spacial score (nSPS) is 12.3. The first kappa shape index (κ1) is 19.4. The van der Waals surface area contributed by atoms with E-state index in [2.05, 4.69) is 9.72 Å². The van der Waals surface area contributed by atoms with Crippen molar-refractivity contribution >= 4 is 12.3 Å². The molecule has 0 fully saturated rings. The molecule has 5 nitrogen and oxygen atoms in total. The van der Waals surface area contributed by atoms with E-state index in [1.54, 1.807) is 24.3 Å². The number of hydrogen-bond donors (Lipinski definition) is 0. The Hall–Kier alpha value is -2.90. The number of aromatic nitrogens is 1. The Bertz CT molecular complexity index is 805. The Morgan fingerprint density at radius 3 is 2.58 bits per heavy atom. The van der Waals surface area contributed by atoms with Crippen LogP contribution in [0.25, 0.3) is 0 Å². The first-order valence-electron chi connectivity index (χ1n) is 7.56. The lowest BCUT2D eigenvalue weighted by Gasteiger charge is -2.15.